The van der Waals surface area contributed by atoms with Crippen molar-refractivity contribution in [3.63, 3.8) is 0 Å². The summed E-state index contributed by atoms with van der Waals surface area (Å²) in [5, 5.41) is 0. The van der Waals surface area contributed by atoms with Crippen LogP contribution in [0.25, 0.3) is 0 Å². The first kappa shape index (κ1) is 13.1. The number of hydrogen-bond acceptors (Lipinski definition) is 3. The third-order valence-corrected chi connectivity index (χ3v) is 4.03. The van der Waals surface area contributed by atoms with Gasteiger partial charge < -0.3 is 0 Å². The van der Waals surface area contributed by atoms with E-state index in [1.165, 1.54) is 16.3 Å². The number of nitrogens with zero attached hydrogens (tertiary/aromatic N) is 1. The van der Waals surface area contributed by atoms with Crippen molar-refractivity contribution >= 4 is 23.8 Å². The first-order valence-electron chi connectivity index (χ1n) is 6.03. The fraction of sp³-hybridized carbons (Fsp3) is 0.429. The summed E-state index contributed by atoms with van der Waals surface area (Å²) in [4.78, 5) is 24.2. The Kier molecular flexibility index (Phi) is 3.48. The van der Waals surface area contributed by atoms with Gasteiger partial charge in [0, 0.05) is 17.7 Å². The predicted molar refractivity (Wildman–Crippen MR) is 72.1 cm³/mol. The van der Waals surface area contributed by atoms with Gasteiger partial charge in [-0.15, -0.1) is 0 Å². The summed E-state index contributed by atoms with van der Waals surface area (Å²) in [6.45, 7) is 6.38. The molecule has 1 aliphatic heterocycles. The van der Waals surface area contributed by atoms with E-state index in [2.05, 4.69) is 20.8 Å². The Morgan fingerprint density at radius 2 is 1.61 bits per heavy atom. The maximum absolute atomic E-state index is 11.6. The lowest BCUT2D eigenvalue weighted by molar-refractivity contribution is -0.131. The second-order valence-corrected chi connectivity index (χ2v) is 6.41. The lowest BCUT2D eigenvalue weighted by atomic mass is 9.87. The number of benzene rings is 1. The summed E-state index contributed by atoms with van der Waals surface area (Å²) in [5.74, 6) is -0.178. The number of rotatable bonds is 2. The third-order valence-electron chi connectivity index (χ3n) is 2.89. The fourth-order valence-electron chi connectivity index (χ4n) is 1.92. The van der Waals surface area contributed by atoms with E-state index >= 15 is 0 Å². The Morgan fingerprint density at radius 3 is 2.17 bits per heavy atom. The molecule has 0 aliphatic carbocycles. The highest BCUT2D eigenvalue weighted by Gasteiger charge is 2.31. The van der Waals surface area contributed by atoms with E-state index in [4.69, 9.17) is 0 Å². The van der Waals surface area contributed by atoms with Crippen LogP contribution in [0.5, 0.6) is 0 Å². The van der Waals surface area contributed by atoms with Gasteiger partial charge in [-0.3, -0.25) is 9.59 Å². The molecule has 2 amide bonds. The molecule has 1 heterocycles. The molecule has 0 aromatic heterocycles. The number of imide groups is 1. The standard InChI is InChI=1S/C14H17NO2S/c1-14(2,3)10-6-4-5-7-11(10)18-15-12(16)8-9-13(15)17/h4-7H,8-9H2,1-3H3. The molecule has 0 unspecified atom stereocenters. The molecule has 0 spiro atoms. The molecule has 1 aromatic carbocycles. The average molecular weight is 263 g/mol. The number of amides is 2. The summed E-state index contributed by atoms with van der Waals surface area (Å²) < 4.78 is 1.30. The van der Waals surface area contributed by atoms with E-state index in [-0.39, 0.29) is 17.2 Å². The van der Waals surface area contributed by atoms with Crippen LogP contribution in [-0.4, -0.2) is 16.1 Å². The summed E-state index contributed by atoms with van der Waals surface area (Å²) in [6, 6.07) is 7.93. The Hall–Kier alpha value is -1.29. The second kappa shape index (κ2) is 4.76. The monoisotopic (exact) mass is 263 g/mol. The SMILES string of the molecule is CC(C)(C)c1ccccc1SN1C(=O)CCC1=O. The van der Waals surface area contributed by atoms with Crippen molar-refractivity contribution < 1.29 is 9.59 Å². The zero-order valence-corrected chi connectivity index (χ0v) is 11.7. The Balaban J connectivity index is 2.30. The third kappa shape index (κ3) is 2.58. The van der Waals surface area contributed by atoms with Gasteiger partial charge in [-0.2, -0.15) is 0 Å². The maximum Gasteiger partial charge on any atom is 0.240 e. The minimum atomic E-state index is -0.0892. The Morgan fingerprint density at radius 1 is 1.06 bits per heavy atom. The van der Waals surface area contributed by atoms with Crippen molar-refractivity contribution in [3.8, 4) is 0 Å². The molecule has 1 saturated heterocycles. The fourth-order valence-corrected chi connectivity index (χ4v) is 3.12. The maximum atomic E-state index is 11.6. The molecule has 4 heteroatoms. The number of carbonyl (C=O) groups excluding carboxylic acids is 2. The minimum Gasteiger partial charge on any atom is -0.273 e. The van der Waals surface area contributed by atoms with Crippen LogP contribution in [0.15, 0.2) is 29.2 Å². The highest BCUT2D eigenvalue weighted by Crippen LogP contribution is 2.36. The van der Waals surface area contributed by atoms with Crippen molar-refractivity contribution in [2.24, 2.45) is 0 Å². The molecule has 0 atom stereocenters. The van der Waals surface area contributed by atoms with Gasteiger partial charge in [-0.25, -0.2) is 4.31 Å². The first-order valence-corrected chi connectivity index (χ1v) is 6.80. The van der Waals surface area contributed by atoms with Gasteiger partial charge in [0.15, 0.2) is 0 Å². The molecular weight excluding hydrogens is 246 g/mol. The summed E-state index contributed by atoms with van der Waals surface area (Å²) in [6.07, 6.45) is 0.674. The van der Waals surface area contributed by atoms with E-state index in [1.807, 2.05) is 24.3 Å². The lowest BCUT2D eigenvalue weighted by Gasteiger charge is -2.23. The second-order valence-electron chi connectivity index (χ2n) is 5.42. The van der Waals surface area contributed by atoms with E-state index in [1.54, 1.807) is 0 Å². The van der Waals surface area contributed by atoms with E-state index in [9.17, 15) is 9.59 Å². The number of hydrogen-bond donors (Lipinski definition) is 0. The van der Waals surface area contributed by atoms with Crippen molar-refractivity contribution in [2.75, 3.05) is 0 Å². The molecule has 1 aliphatic rings. The largest absolute Gasteiger partial charge is 0.273 e. The lowest BCUT2D eigenvalue weighted by Crippen LogP contribution is -2.22. The molecular formula is C14H17NO2S. The van der Waals surface area contributed by atoms with Gasteiger partial charge >= 0.3 is 0 Å². The van der Waals surface area contributed by atoms with Crippen LogP contribution in [-0.2, 0) is 15.0 Å². The molecule has 0 N–H and O–H groups in total. The van der Waals surface area contributed by atoms with Gasteiger partial charge in [-0.1, -0.05) is 39.0 Å². The van der Waals surface area contributed by atoms with E-state index in [0.717, 1.165) is 10.5 Å². The van der Waals surface area contributed by atoms with Gasteiger partial charge in [0.05, 0.1) is 0 Å². The van der Waals surface area contributed by atoms with E-state index in [0.29, 0.717) is 12.8 Å². The molecule has 1 fully saturated rings. The summed E-state index contributed by atoms with van der Waals surface area (Å²) in [7, 11) is 0. The highest BCUT2D eigenvalue weighted by molar-refractivity contribution is 7.98. The molecule has 1 aromatic rings. The van der Waals surface area contributed by atoms with Crippen LogP contribution in [0.1, 0.15) is 39.2 Å². The minimum absolute atomic E-state index is 0.00455. The highest BCUT2D eigenvalue weighted by atomic mass is 32.2. The van der Waals surface area contributed by atoms with Crippen molar-refractivity contribution in [3.05, 3.63) is 29.8 Å². The predicted octanol–water partition coefficient (Wildman–Crippen LogP) is 3.14. The molecule has 0 radical (unpaired) electrons. The topological polar surface area (TPSA) is 37.4 Å². The van der Waals surface area contributed by atoms with Crippen LogP contribution >= 0.6 is 11.9 Å². The van der Waals surface area contributed by atoms with Crippen LogP contribution in [0.4, 0.5) is 0 Å². The average Bonchev–Trinajstić information content (AvgIpc) is 2.60. The van der Waals surface area contributed by atoms with Crippen LogP contribution in [0, 0.1) is 0 Å². The van der Waals surface area contributed by atoms with Gasteiger partial charge in [0.25, 0.3) is 0 Å². The zero-order chi connectivity index (χ0) is 13.3. The van der Waals surface area contributed by atoms with Crippen LogP contribution in [0.2, 0.25) is 0 Å². The molecule has 3 nitrogen and oxygen atoms in total. The normalized spacial score (nSPS) is 16.5. The first-order chi connectivity index (χ1) is 8.39. The molecule has 0 bridgehead atoms. The summed E-state index contributed by atoms with van der Waals surface area (Å²) >= 11 is 1.26. The van der Waals surface area contributed by atoms with Crippen molar-refractivity contribution in [1.82, 2.24) is 4.31 Å². The van der Waals surface area contributed by atoms with Crippen LogP contribution < -0.4 is 0 Å². The van der Waals surface area contributed by atoms with E-state index < -0.39 is 0 Å². The quantitative estimate of drug-likeness (QED) is 0.607. The molecule has 0 saturated carbocycles. The van der Waals surface area contributed by atoms with Crippen molar-refractivity contribution in [1.29, 1.82) is 0 Å². The van der Waals surface area contributed by atoms with Gasteiger partial charge in [0.1, 0.15) is 0 Å². The zero-order valence-electron chi connectivity index (χ0n) is 10.9. The number of carbonyl (C=O) groups is 2. The Bertz CT molecular complexity index is 475. The molecule has 18 heavy (non-hydrogen) atoms. The van der Waals surface area contributed by atoms with Gasteiger partial charge in [0.2, 0.25) is 11.8 Å². The van der Waals surface area contributed by atoms with Crippen LogP contribution in [0.3, 0.4) is 0 Å². The molecule has 2 rings (SSSR count). The van der Waals surface area contributed by atoms with Gasteiger partial charge in [-0.05, 0) is 29.0 Å². The Labute approximate surface area is 112 Å². The van der Waals surface area contributed by atoms with Crippen molar-refractivity contribution in [2.45, 2.75) is 43.9 Å². The molecule has 96 valence electrons. The smallest absolute Gasteiger partial charge is 0.240 e. The summed E-state index contributed by atoms with van der Waals surface area (Å²) in [5.41, 5.74) is 1.15.